The van der Waals surface area contributed by atoms with Gasteiger partial charge in [-0.15, -0.1) is 11.3 Å². The number of halogens is 2. The van der Waals surface area contributed by atoms with Crippen LogP contribution in [0.5, 0.6) is 11.5 Å². The number of hydrogen-bond donors (Lipinski definition) is 3. The van der Waals surface area contributed by atoms with Crippen molar-refractivity contribution in [2.45, 2.75) is 18.9 Å². The summed E-state index contributed by atoms with van der Waals surface area (Å²) in [6, 6.07) is 11.3. The van der Waals surface area contributed by atoms with Crippen molar-refractivity contribution in [3.05, 3.63) is 71.2 Å². The maximum absolute atomic E-state index is 15.3. The van der Waals surface area contributed by atoms with Crippen LogP contribution in [0.15, 0.2) is 54.7 Å². The highest BCUT2D eigenvalue weighted by Crippen LogP contribution is 2.47. The number of piperidine rings is 1. The summed E-state index contributed by atoms with van der Waals surface area (Å²) in [6.45, 7) is 1.57. The number of pyridine rings is 1. The zero-order valence-corrected chi connectivity index (χ0v) is 20.2. The van der Waals surface area contributed by atoms with Crippen molar-refractivity contribution in [3.8, 4) is 11.5 Å². The van der Waals surface area contributed by atoms with Gasteiger partial charge in [-0.05, 0) is 37.6 Å². The molecule has 0 saturated carbocycles. The predicted octanol–water partition coefficient (Wildman–Crippen LogP) is 5.53. The van der Waals surface area contributed by atoms with Gasteiger partial charge in [0.1, 0.15) is 26.9 Å². The minimum Gasteiger partial charge on any atom is -0.457 e. The summed E-state index contributed by atoms with van der Waals surface area (Å²) in [5, 5.41) is 9.36. The number of amides is 3. The number of aromatic nitrogens is 1. The van der Waals surface area contributed by atoms with Crippen molar-refractivity contribution >= 4 is 50.6 Å². The third kappa shape index (κ3) is 4.25. The van der Waals surface area contributed by atoms with Crippen molar-refractivity contribution in [2.24, 2.45) is 0 Å². The Hall–Kier alpha value is -4.09. The minimum absolute atomic E-state index is 0.0262. The molecular formula is C26H21F2N5O3S. The maximum atomic E-state index is 15.3. The first-order valence-corrected chi connectivity index (χ1v) is 12.6. The zero-order valence-electron chi connectivity index (χ0n) is 19.4. The Kier molecular flexibility index (Phi) is 5.93. The number of nitrogens with zero attached hydrogens (tertiary/aromatic N) is 2. The van der Waals surface area contributed by atoms with Crippen molar-refractivity contribution in [3.63, 3.8) is 0 Å². The van der Waals surface area contributed by atoms with Crippen LogP contribution in [-0.2, 0) is 0 Å². The van der Waals surface area contributed by atoms with E-state index in [0.717, 1.165) is 47.8 Å². The first-order valence-electron chi connectivity index (χ1n) is 11.8. The predicted molar refractivity (Wildman–Crippen MR) is 137 cm³/mol. The molecule has 0 radical (unpaired) electrons. The zero-order chi connectivity index (χ0) is 25.5. The van der Waals surface area contributed by atoms with Crippen LogP contribution >= 0.6 is 11.3 Å². The lowest BCUT2D eigenvalue weighted by molar-refractivity contribution is 0.0935. The largest absolute Gasteiger partial charge is 0.457 e. The highest BCUT2D eigenvalue weighted by molar-refractivity contribution is 7.21. The van der Waals surface area contributed by atoms with E-state index in [-0.39, 0.29) is 29.1 Å². The number of ether oxygens (including phenoxy) is 1. The molecule has 4 heterocycles. The van der Waals surface area contributed by atoms with E-state index in [1.807, 2.05) is 0 Å². The van der Waals surface area contributed by atoms with Crippen molar-refractivity contribution in [1.29, 1.82) is 0 Å². The second-order valence-corrected chi connectivity index (χ2v) is 9.75. The van der Waals surface area contributed by atoms with E-state index < -0.39 is 23.4 Å². The Morgan fingerprint density at radius 1 is 1.14 bits per heavy atom. The molecule has 4 aromatic rings. The van der Waals surface area contributed by atoms with E-state index in [2.05, 4.69) is 20.9 Å². The number of hydrogen-bond acceptors (Lipinski definition) is 6. The van der Waals surface area contributed by atoms with Gasteiger partial charge in [-0.3, -0.25) is 9.69 Å². The third-order valence-corrected chi connectivity index (χ3v) is 7.37. The van der Waals surface area contributed by atoms with Crippen LogP contribution in [0.4, 0.5) is 30.6 Å². The van der Waals surface area contributed by atoms with E-state index in [9.17, 15) is 9.59 Å². The molecule has 1 saturated heterocycles. The number of benzene rings is 2. The summed E-state index contributed by atoms with van der Waals surface area (Å²) in [6.07, 6.45) is 3.25. The molecule has 0 unspecified atom stereocenters. The molecule has 2 aliphatic rings. The second-order valence-electron chi connectivity index (χ2n) is 8.75. The molecule has 0 aliphatic carbocycles. The number of nitrogens with one attached hydrogen (secondary N) is 3. The molecule has 37 heavy (non-hydrogen) atoms. The monoisotopic (exact) mass is 521 g/mol. The van der Waals surface area contributed by atoms with Crippen LogP contribution in [0.25, 0.3) is 10.2 Å². The van der Waals surface area contributed by atoms with Crippen molar-refractivity contribution in [2.75, 3.05) is 23.3 Å². The molecule has 1 fully saturated rings. The lowest BCUT2D eigenvalue weighted by atomic mass is 10.1. The summed E-state index contributed by atoms with van der Waals surface area (Å²) < 4.78 is 36.2. The van der Waals surface area contributed by atoms with Gasteiger partial charge in [-0.1, -0.05) is 18.2 Å². The fraction of sp³-hybridized carbons (Fsp3) is 0.192. The fourth-order valence-corrected chi connectivity index (χ4v) is 5.65. The van der Waals surface area contributed by atoms with Crippen molar-refractivity contribution < 1.29 is 23.1 Å². The average molecular weight is 522 g/mol. The van der Waals surface area contributed by atoms with Gasteiger partial charge >= 0.3 is 6.03 Å². The van der Waals surface area contributed by atoms with Gasteiger partial charge in [-0.25, -0.2) is 18.6 Å². The first kappa shape index (κ1) is 23.3. The number of carbonyl (C=O) groups excluding carboxylic acids is 2. The molecule has 2 aliphatic heterocycles. The fourth-order valence-electron chi connectivity index (χ4n) is 4.63. The summed E-state index contributed by atoms with van der Waals surface area (Å²) in [7, 11) is 0. The molecule has 0 spiro atoms. The summed E-state index contributed by atoms with van der Waals surface area (Å²) >= 11 is 1.12. The lowest BCUT2D eigenvalue weighted by Crippen LogP contribution is -2.45. The summed E-state index contributed by atoms with van der Waals surface area (Å²) in [5.41, 5.74) is -0.0371. The lowest BCUT2D eigenvalue weighted by Gasteiger charge is -2.29. The first-order chi connectivity index (χ1) is 18.0. The van der Waals surface area contributed by atoms with Gasteiger partial charge in [0.25, 0.3) is 5.91 Å². The molecular weight excluding hydrogens is 500 g/mol. The van der Waals surface area contributed by atoms with Crippen LogP contribution in [-0.4, -0.2) is 36.1 Å². The molecule has 0 bridgehead atoms. The van der Waals surface area contributed by atoms with Gasteiger partial charge in [0.05, 0.1) is 16.8 Å². The molecule has 2 aromatic heterocycles. The quantitative estimate of drug-likeness (QED) is 0.321. The molecule has 8 nitrogen and oxygen atoms in total. The van der Waals surface area contributed by atoms with Gasteiger partial charge in [0.2, 0.25) is 0 Å². The number of thiophene rings is 1. The molecule has 1 atom stereocenters. The van der Waals surface area contributed by atoms with Crippen LogP contribution in [0.3, 0.4) is 0 Å². The highest BCUT2D eigenvalue weighted by Gasteiger charge is 2.36. The Morgan fingerprint density at radius 3 is 2.65 bits per heavy atom. The maximum Gasteiger partial charge on any atom is 0.331 e. The Bertz CT molecular complexity index is 1500. The molecule has 2 aromatic carbocycles. The Labute approximate surface area is 214 Å². The Morgan fingerprint density at radius 2 is 1.92 bits per heavy atom. The second kappa shape index (κ2) is 9.41. The smallest absolute Gasteiger partial charge is 0.331 e. The minimum atomic E-state index is -0.979. The Balaban J connectivity index is 1.37. The number of rotatable bonds is 5. The number of anilines is 3. The van der Waals surface area contributed by atoms with Gasteiger partial charge < -0.3 is 20.7 Å². The number of para-hydroxylation sites is 1. The van der Waals surface area contributed by atoms with E-state index >= 15 is 8.78 Å². The number of urea groups is 1. The molecule has 11 heteroatoms. The van der Waals surface area contributed by atoms with Crippen LogP contribution < -0.4 is 25.6 Å². The van der Waals surface area contributed by atoms with E-state index in [1.54, 1.807) is 30.3 Å². The normalized spacial score (nSPS) is 17.0. The van der Waals surface area contributed by atoms with Crippen LogP contribution in [0.2, 0.25) is 0 Å². The van der Waals surface area contributed by atoms with Crippen molar-refractivity contribution in [1.82, 2.24) is 15.6 Å². The summed E-state index contributed by atoms with van der Waals surface area (Å²) in [4.78, 5) is 32.3. The van der Waals surface area contributed by atoms with E-state index in [0.29, 0.717) is 27.4 Å². The molecule has 3 N–H and O–H groups in total. The summed E-state index contributed by atoms with van der Waals surface area (Å²) in [5.74, 6) is -1.92. The van der Waals surface area contributed by atoms with E-state index in [4.69, 9.17) is 4.74 Å². The van der Waals surface area contributed by atoms with E-state index in [1.165, 1.54) is 12.3 Å². The van der Waals surface area contributed by atoms with Gasteiger partial charge in [0, 0.05) is 30.9 Å². The van der Waals surface area contributed by atoms with Crippen LogP contribution in [0, 0.1) is 11.6 Å². The molecule has 6 rings (SSSR count). The SMILES string of the molecule is O=C(N[C@@H]1CCCNC1)c1sc2nccc3c2c1NC(=O)N3c1c(F)cc(Oc2ccccc2)cc1F. The topological polar surface area (TPSA) is 95.6 Å². The van der Waals surface area contributed by atoms with Gasteiger partial charge in [-0.2, -0.15) is 0 Å². The number of carbonyl (C=O) groups is 2. The van der Waals surface area contributed by atoms with Gasteiger partial charge in [0.15, 0.2) is 11.6 Å². The van der Waals surface area contributed by atoms with Crippen LogP contribution in [0.1, 0.15) is 22.5 Å². The molecule has 188 valence electrons. The third-order valence-electron chi connectivity index (χ3n) is 6.28. The average Bonchev–Trinajstić information content (AvgIpc) is 3.26. The molecule has 3 amide bonds. The highest BCUT2D eigenvalue weighted by atomic mass is 32.1. The standard InChI is InChI=1S/C26H21F2N5O3S/c27-17-11-16(36-15-6-2-1-3-7-15)12-18(28)22(17)33-19-8-10-30-25-20(19)21(32-26(33)35)23(37-25)24(34)31-14-5-4-9-29-13-14/h1-3,6-8,10-12,14,29H,4-5,9,13H2,(H,31,34)(H,32,35)/t14-/m1/s1.